The summed E-state index contributed by atoms with van der Waals surface area (Å²) in [5, 5.41) is 21.4. The van der Waals surface area contributed by atoms with Gasteiger partial charge in [0.2, 0.25) is 0 Å². The van der Waals surface area contributed by atoms with E-state index < -0.39 is 17.7 Å². The topological polar surface area (TPSA) is 96.3 Å². The second-order valence-electron chi connectivity index (χ2n) is 7.31. The number of hydrogen-bond donors (Lipinski definition) is 2. The standard InChI is InChI=1S/C25H20ClNO6/c1-32-19-12-5-15(13-20(19)33-2)23(29)21-22(14-3-10-18(28)11-4-14)27(25(31)24(21)30)17-8-6-16(26)7-9-17/h3-13,22,28-29H,1-2H3/b23-21-. The lowest BCUT2D eigenvalue weighted by molar-refractivity contribution is -0.132. The minimum absolute atomic E-state index is 0.0297. The summed E-state index contributed by atoms with van der Waals surface area (Å²) in [5.41, 5.74) is 1.16. The maximum atomic E-state index is 13.2. The maximum absolute atomic E-state index is 13.2. The lowest BCUT2D eigenvalue weighted by atomic mass is 9.95. The van der Waals surface area contributed by atoms with Crippen LogP contribution in [0.4, 0.5) is 5.69 Å². The first-order valence-electron chi connectivity index (χ1n) is 9.93. The Labute approximate surface area is 195 Å². The van der Waals surface area contributed by atoms with Gasteiger partial charge in [-0.3, -0.25) is 14.5 Å². The van der Waals surface area contributed by atoms with Crippen LogP contribution in [0, 0.1) is 0 Å². The molecule has 0 aliphatic carbocycles. The van der Waals surface area contributed by atoms with Gasteiger partial charge in [0.15, 0.2) is 11.5 Å². The van der Waals surface area contributed by atoms with Gasteiger partial charge in [-0.1, -0.05) is 23.7 Å². The lowest BCUT2D eigenvalue weighted by Crippen LogP contribution is -2.29. The molecule has 168 valence electrons. The van der Waals surface area contributed by atoms with E-state index in [1.807, 2.05) is 0 Å². The summed E-state index contributed by atoms with van der Waals surface area (Å²) >= 11 is 6.00. The normalized spacial score (nSPS) is 17.3. The highest BCUT2D eigenvalue weighted by Crippen LogP contribution is 2.43. The number of amides is 1. The summed E-state index contributed by atoms with van der Waals surface area (Å²) in [6.45, 7) is 0. The van der Waals surface area contributed by atoms with Crippen molar-refractivity contribution in [2.24, 2.45) is 0 Å². The Morgan fingerprint density at radius 2 is 1.55 bits per heavy atom. The number of ether oxygens (including phenoxy) is 2. The fourth-order valence-corrected chi connectivity index (χ4v) is 3.94. The molecule has 2 N–H and O–H groups in total. The van der Waals surface area contributed by atoms with Gasteiger partial charge in [-0.05, 0) is 60.2 Å². The Hall–Kier alpha value is -3.97. The number of aromatic hydroxyl groups is 1. The number of ketones is 1. The Morgan fingerprint density at radius 3 is 2.15 bits per heavy atom. The minimum atomic E-state index is -0.931. The molecule has 1 amide bonds. The highest BCUT2D eigenvalue weighted by molar-refractivity contribution is 6.51. The van der Waals surface area contributed by atoms with Crippen LogP contribution in [0.2, 0.25) is 5.02 Å². The molecule has 33 heavy (non-hydrogen) atoms. The SMILES string of the molecule is COc1ccc(/C(O)=C2/C(=O)C(=O)N(c3ccc(Cl)cc3)C2c2ccc(O)cc2)cc1OC. The summed E-state index contributed by atoms with van der Waals surface area (Å²) in [5.74, 6) is -1.15. The van der Waals surface area contributed by atoms with Crippen LogP contribution in [0.25, 0.3) is 5.76 Å². The third kappa shape index (κ3) is 3.99. The second kappa shape index (κ2) is 8.88. The minimum Gasteiger partial charge on any atom is -0.508 e. The molecule has 3 aromatic carbocycles. The van der Waals surface area contributed by atoms with Crippen LogP contribution in [0.1, 0.15) is 17.2 Å². The van der Waals surface area contributed by atoms with E-state index in [1.54, 1.807) is 48.5 Å². The number of aliphatic hydroxyl groups is 1. The number of nitrogens with zero attached hydrogens (tertiary/aromatic N) is 1. The number of carbonyl (C=O) groups is 2. The largest absolute Gasteiger partial charge is 0.508 e. The number of aliphatic hydroxyl groups excluding tert-OH is 1. The van der Waals surface area contributed by atoms with Crippen molar-refractivity contribution in [3.05, 3.63) is 88.5 Å². The summed E-state index contributed by atoms with van der Waals surface area (Å²) in [4.78, 5) is 27.6. The third-order valence-corrected chi connectivity index (χ3v) is 5.67. The van der Waals surface area contributed by atoms with Crippen molar-refractivity contribution in [3.63, 3.8) is 0 Å². The number of phenolic OH excluding ortho intramolecular Hbond substituents is 1. The number of carbonyl (C=O) groups excluding carboxylic acids is 2. The van der Waals surface area contributed by atoms with Crippen molar-refractivity contribution in [2.45, 2.75) is 6.04 Å². The molecule has 8 heteroatoms. The Kier molecular flexibility index (Phi) is 5.98. The molecule has 1 heterocycles. The zero-order valence-corrected chi connectivity index (χ0v) is 18.5. The Morgan fingerprint density at radius 1 is 0.909 bits per heavy atom. The fraction of sp³-hybridized carbons (Fsp3) is 0.120. The van der Waals surface area contributed by atoms with Gasteiger partial charge in [-0.15, -0.1) is 0 Å². The fourth-order valence-electron chi connectivity index (χ4n) is 3.81. The maximum Gasteiger partial charge on any atom is 0.300 e. The van der Waals surface area contributed by atoms with Crippen LogP contribution >= 0.6 is 11.6 Å². The van der Waals surface area contributed by atoms with Gasteiger partial charge in [-0.2, -0.15) is 0 Å². The van der Waals surface area contributed by atoms with Gasteiger partial charge in [0, 0.05) is 16.3 Å². The first-order valence-corrected chi connectivity index (χ1v) is 10.3. The number of methoxy groups -OCH3 is 2. The molecule has 4 rings (SSSR count). The van der Waals surface area contributed by atoms with Crippen molar-refractivity contribution in [2.75, 3.05) is 19.1 Å². The molecule has 1 fully saturated rings. The average Bonchev–Trinajstić information content (AvgIpc) is 3.09. The van der Waals surface area contributed by atoms with Crippen LogP contribution < -0.4 is 14.4 Å². The lowest BCUT2D eigenvalue weighted by Gasteiger charge is -2.25. The summed E-state index contributed by atoms with van der Waals surface area (Å²) < 4.78 is 10.5. The molecule has 7 nitrogen and oxygen atoms in total. The molecule has 1 aliphatic rings. The number of halogens is 1. The number of benzene rings is 3. The number of Topliss-reactive ketones (excluding diaryl/α,β-unsaturated/α-hetero) is 1. The van der Waals surface area contributed by atoms with E-state index in [0.29, 0.717) is 27.8 Å². The van der Waals surface area contributed by atoms with E-state index in [-0.39, 0.29) is 22.6 Å². The number of anilines is 1. The van der Waals surface area contributed by atoms with Gasteiger partial charge in [0.05, 0.1) is 25.8 Å². The first-order chi connectivity index (χ1) is 15.8. The summed E-state index contributed by atoms with van der Waals surface area (Å²) in [6, 6.07) is 16.3. The smallest absolute Gasteiger partial charge is 0.300 e. The molecule has 0 radical (unpaired) electrons. The molecule has 0 spiro atoms. The summed E-state index contributed by atoms with van der Waals surface area (Å²) in [6.07, 6.45) is 0. The van der Waals surface area contributed by atoms with E-state index in [1.165, 1.54) is 37.3 Å². The Bertz CT molecular complexity index is 1250. The van der Waals surface area contributed by atoms with E-state index >= 15 is 0 Å². The van der Waals surface area contributed by atoms with Crippen LogP contribution in [0.5, 0.6) is 17.2 Å². The van der Waals surface area contributed by atoms with Crippen LogP contribution in [0.3, 0.4) is 0 Å². The molecule has 0 saturated carbocycles. The zero-order chi connectivity index (χ0) is 23.7. The van der Waals surface area contributed by atoms with Crippen molar-refractivity contribution < 1.29 is 29.3 Å². The van der Waals surface area contributed by atoms with Gasteiger partial charge < -0.3 is 19.7 Å². The monoisotopic (exact) mass is 465 g/mol. The number of hydrogen-bond acceptors (Lipinski definition) is 6. The van der Waals surface area contributed by atoms with Crippen molar-refractivity contribution in [1.29, 1.82) is 0 Å². The second-order valence-corrected chi connectivity index (χ2v) is 7.74. The van der Waals surface area contributed by atoms with Gasteiger partial charge in [0.1, 0.15) is 11.5 Å². The molecular weight excluding hydrogens is 446 g/mol. The quantitative estimate of drug-likeness (QED) is 0.322. The molecule has 0 aromatic heterocycles. The Balaban J connectivity index is 1.93. The van der Waals surface area contributed by atoms with Gasteiger partial charge in [-0.25, -0.2) is 0 Å². The van der Waals surface area contributed by atoms with E-state index in [0.717, 1.165) is 0 Å². The van der Waals surface area contributed by atoms with Crippen molar-refractivity contribution in [1.82, 2.24) is 0 Å². The molecule has 0 bridgehead atoms. The van der Waals surface area contributed by atoms with Gasteiger partial charge >= 0.3 is 0 Å². The molecule has 1 unspecified atom stereocenters. The van der Waals surface area contributed by atoms with E-state index in [2.05, 4.69) is 0 Å². The number of phenols is 1. The average molecular weight is 466 g/mol. The van der Waals surface area contributed by atoms with Crippen LogP contribution in [-0.4, -0.2) is 36.1 Å². The van der Waals surface area contributed by atoms with Crippen LogP contribution in [-0.2, 0) is 9.59 Å². The predicted molar refractivity (Wildman–Crippen MR) is 124 cm³/mol. The highest BCUT2D eigenvalue weighted by atomic mass is 35.5. The van der Waals surface area contributed by atoms with Crippen LogP contribution in [0.15, 0.2) is 72.3 Å². The molecule has 1 aliphatic heterocycles. The van der Waals surface area contributed by atoms with Crippen molar-refractivity contribution in [3.8, 4) is 17.2 Å². The zero-order valence-electron chi connectivity index (χ0n) is 17.8. The predicted octanol–water partition coefficient (Wildman–Crippen LogP) is 4.69. The van der Waals surface area contributed by atoms with E-state index in [4.69, 9.17) is 21.1 Å². The molecule has 1 atom stereocenters. The molecular formula is C25H20ClNO6. The van der Waals surface area contributed by atoms with Gasteiger partial charge in [0.25, 0.3) is 11.7 Å². The number of rotatable bonds is 5. The molecule has 3 aromatic rings. The highest BCUT2D eigenvalue weighted by Gasteiger charge is 2.47. The van der Waals surface area contributed by atoms with E-state index in [9.17, 15) is 19.8 Å². The molecule has 1 saturated heterocycles. The first kappa shape index (κ1) is 22.2. The van der Waals surface area contributed by atoms with Crippen molar-refractivity contribution >= 4 is 34.7 Å². The third-order valence-electron chi connectivity index (χ3n) is 5.42. The summed E-state index contributed by atoms with van der Waals surface area (Å²) in [7, 11) is 2.94.